The van der Waals surface area contributed by atoms with Gasteiger partial charge in [0.2, 0.25) is 10.7 Å². The fraction of sp³-hybridized carbons (Fsp3) is 0.625. The molecule has 0 fully saturated rings. The summed E-state index contributed by atoms with van der Waals surface area (Å²) in [5.41, 5.74) is 5.50. The van der Waals surface area contributed by atoms with Crippen molar-refractivity contribution in [2.24, 2.45) is 0 Å². The van der Waals surface area contributed by atoms with Gasteiger partial charge in [0.15, 0.2) is 0 Å². The maximum Gasteiger partial charge on any atom is 0.224 e. The lowest BCUT2D eigenvalue weighted by Crippen LogP contribution is -2.21. The third-order valence-corrected chi connectivity index (χ3v) is 2.38. The van der Waals surface area contributed by atoms with Gasteiger partial charge in [-0.2, -0.15) is 4.98 Å². The maximum absolute atomic E-state index is 5.54. The molecule has 0 bridgehead atoms. The van der Waals surface area contributed by atoms with Crippen LogP contribution in [0.5, 0.6) is 0 Å². The van der Waals surface area contributed by atoms with E-state index in [1.807, 2.05) is 0 Å². The summed E-state index contributed by atoms with van der Waals surface area (Å²) in [7, 11) is 0. The Kier molecular flexibility index (Phi) is 2.66. The minimum Gasteiger partial charge on any atom is -0.369 e. The van der Waals surface area contributed by atoms with Crippen LogP contribution in [-0.4, -0.2) is 15.0 Å². The molecule has 13 heavy (non-hydrogen) atoms. The largest absolute Gasteiger partial charge is 0.369 e. The molecule has 0 aromatic carbocycles. The van der Waals surface area contributed by atoms with Crippen LogP contribution >= 0.6 is 12.2 Å². The molecule has 0 atom stereocenters. The summed E-state index contributed by atoms with van der Waals surface area (Å²) >= 11 is 4.88. The van der Waals surface area contributed by atoms with Crippen LogP contribution in [0.2, 0.25) is 0 Å². The predicted octanol–water partition coefficient (Wildman–Crippen LogP) is 1.80. The summed E-state index contributed by atoms with van der Waals surface area (Å²) in [5, 5.41) is 0. The van der Waals surface area contributed by atoms with Crippen molar-refractivity contribution in [2.75, 3.05) is 5.73 Å². The highest BCUT2D eigenvalue weighted by Crippen LogP contribution is 2.22. The number of hydrogen-bond donors (Lipinski definition) is 2. The molecule has 1 heterocycles. The zero-order valence-corrected chi connectivity index (χ0v) is 8.90. The van der Waals surface area contributed by atoms with Gasteiger partial charge in [0.05, 0.1) is 0 Å². The number of nitrogens with two attached hydrogens (primary N) is 1. The standard InChI is InChI=1S/C8H14N4S/c1-4-8(2,3)5-10-6(9)12-7(13)11-5/h4H2,1-3H3,(H3,9,10,11,12,13). The Hall–Kier alpha value is -0.970. The molecule has 0 amide bonds. The van der Waals surface area contributed by atoms with E-state index in [0.717, 1.165) is 12.2 Å². The van der Waals surface area contributed by atoms with Crippen LogP contribution in [0.15, 0.2) is 0 Å². The minimum absolute atomic E-state index is 0.0371. The van der Waals surface area contributed by atoms with Crippen LogP contribution in [-0.2, 0) is 5.41 Å². The second kappa shape index (κ2) is 3.41. The molecule has 1 rings (SSSR count). The fourth-order valence-corrected chi connectivity index (χ4v) is 1.08. The highest BCUT2D eigenvalue weighted by atomic mass is 32.1. The summed E-state index contributed by atoms with van der Waals surface area (Å²) in [6, 6.07) is 0. The molecular weight excluding hydrogens is 184 g/mol. The summed E-state index contributed by atoms with van der Waals surface area (Å²) in [6.07, 6.45) is 0.967. The van der Waals surface area contributed by atoms with Gasteiger partial charge in [0.1, 0.15) is 5.82 Å². The van der Waals surface area contributed by atoms with E-state index in [4.69, 9.17) is 18.0 Å². The maximum atomic E-state index is 5.54. The van der Waals surface area contributed by atoms with Crippen molar-refractivity contribution in [3.63, 3.8) is 0 Å². The lowest BCUT2D eigenvalue weighted by Gasteiger charge is -2.21. The number of nitrogens with one attached hydrogen (secondary N) is 1. The fourth-order valence-electron chi connectivity index (χ4n) is 0.889. The predicted molar refractivity (Wildman–Crippen MR) is 54.9 cm³/mol. The smallest absolute Gasteiger partial charge is 0.224 e. The van der Waals surface area contributed by atoms with E-state index in [0.29, 0.717) is 10.7 Å². The van der Waals surface area contributed by atoms with E-state index in [-0.39, 0.29) is 5.41 Å². The second-order valence-corrected chi connectivity index (χ2v) is 3.97. The van der Waals surface area contributed by atoms with Crippen molar-refractivity contribution in [2.45, 2.75) is 32.6 Å². The van der Waals surface area contributed by atoms with E-state index >= 15 is 0 Å². The van der Waals surface area contributed by atoms with Crippen LogP contribution in [0.1, 0.15) is 33.0 Å². The van der Waals surface area contributed by atoms with E-state index in [2.05, 4.69) is 35.7 Å². The Labute approximate surface area is 82.6 Å². The Bertz CT molecular complexity index is 355. The molecule has 5 heteroatoms. The molecule has 1 aromatic rings. The Balaban J connectivity index is 3.23. The molecule has 0 radical (unpaired) electrons. The monoisotopic (exact) mass is 198 g/mol. The number of H-pyrrole nitrogens is 1. The van der Waals surface area contributed by atoms with Crippen molar-refractivity contribution in [1.29, 1.82) is 0 Å². The molecule has 72 valence electrons. The highest BCUT2D eigenvalue weighted by molar-refractivity contribution is 7.71. The number of nitrogens with zero attached hydrogens (tertiary/aromatic N) is 2. The lowest BCUT2D eigenvalue weighted by atomic mass is 9.89. The molecular formula is C8H14N4S. The Morgan fingerprint density at radius 3 is 2.54 bits per heavy atom. The lowest BCUT2D eigenvalue weighted by molar-refractivity contribution is 0.470. The SMILES string of the molecule is CCC(C)(C)c1nc(=S)nc(N)[nH]1. The van der Waals surface area contributed by atoms with Crippen LogP contribution in [0.25, 0.3) is 0 Å². The van der Waals surface area contributed by atoms with Crippen molar-refractivity contribution < 1.29 is 0 Å². The van der Waals surface area contributed by atoms with E-state index in [1.54, 1.807) is 0 Å². The Morgan fingerprint density at radius 1 is 1.46 bits per heavy atom. The number of rotatable bonds is 2. The summed E-state index contributed by atoms with van der Waals surface area (Å²) < 4.78 is 0.299. The number of aromatic nitrogens is 3. The first-order chi connectivity index (χ1) is 5.95. The summed E-state index contributed by atoms with van der Waals surface area (Å²) in [5.74, 6) is 1.13. The third kappa shape index (κ3) is 2.24. The molecule has 0 saturated heterocycles. The average Bonchev–Trinajstić information content (AvgIpc) is 2.02. The molecule has 0 saturated carbocycles. The van der Waals surface area contributed by atoms with Gasteiger partial charge >= 0.3 is 0 Å². The average molecular weight is 198 g/mol. The normalized spacial score (nSPS) is 11.6. The first-order valence-corrected chi connectivity index (χ1v) is 4.61. The number of nitrogen functional groups attached to an aromatic ring is 1. The first kappa shape index (κ1) is 10.1. The van der Waals surface area contributed by atoms with Gasteiger partial charge in [-0.05, 0) is 18.6 Å². The quantitative estimate of drug-likeness (QED) is 0.711. The molecule has 0 unspecified atom stereocenters. The van der Waals surface area contributed by atoms with E-state index < -0.39 is 0 Å². The Morgan fingerprint density at radius 2 is 2.08 bits per heavy atom. The third-order valence-electron chi connectivity index (χ3n) is 2.19. The van der Waals surface area contributed by atoms with Gasteiger partial charge in [-0.3, -0.25) is 0 Å². The van der Waals surface area contributed by atoms with Crippen LogP contribution in [0.4, 0.5) is 5.95 Å². The first-order valence-electron chi connectivity index (χ1n) is 4.20. The number of aromatic amines is 1. The highest BCUT2D eigenvalue weighted by Gasteiger charge is 2.20. The van der Waals surface area contributed by atoms with Crippen LogP contribution < -0.4 is 5.73 Å². The minimum atomic E-state index is -0.0371. The van der Waals surface area contributed by atoms with Gasteiger partial charge in [-0.15, -0.1) is 0 Å². The van der Waals surface area contributed by atoms with Gasteiger partial charge < -0.3 is 10.7 Å². The van der Waals surface area contributed by atoms with E-state index in [1.165, 1.54) is 0 Å². The van der Waals surface area contributed by atoms with Crippen molar-refractivity contribution in [3.05, 3.63) is 10.6 Å². The van der Waals surface area contributed by atoms with Crippen LogP contribution in [0.3, 0.4) is 0 Å². The molecule has 0 spiro atoms. The van der Waals surface area contributed by atoms with Gasteiger partial charge in [0, 0.05) is 5.41 Å². The summed E-state index contributed by atoms with van der Waals surface area (Å²) in [6.45, 7) is 6.26. The molecule has 3 N–H and O–H groups in total. The van der Waals surface area contributed by atoms with Crippen molar-refractivity contribution in [1.82, 2.24) is 15.0 Å². The summed E-state index contributed by atoms with van der Waals surface area (Å²) in [4.78, 5) is 10.9. The zero-order chi connectivity index (χ0) is 10.1. The molecule has 0 aliphatic carbocycles. The number of hydrogen-bond acceptors (Lipinski definition) is 4. The molecule has 4 nitrogen and oxygen atoms in total. The number of anilines is 1. The van der Waals surface area contributed by atoms with E-state index in [9.17, 15) is 0 Å². The van der Waals surface area contributed by atoms with Crippen molar-refractivity contribution in [3.8, 4) is 0 Å². The van der Waals surface area contributed by atoms with Crippen molar-refractivity contribution >= 4 is 18.2 Å². The van der Waals surface area contributed by atoms with Crippen LogP contribution in [0, 0.1) is 4.77 Å². The topological polar surface area (TPSA) is 67.6 Å². The molecule has 0 aliphatic heterocycles. The molecule has 1 aromatic heterocycles. The van der Waals surface area contributed by atoms with Gasteiger partial charge in [-0.25, -0.2) is 4.98 Å². The second-order valence-electron chi connectivity index (χ2n) is 3.60. The van der Waals surface area contributed by atoms with Gasteiger partial charge in [0.25, 0.3) is 0 Å². The van der Waals surface area contributed by atoms with Gasteiger partial charge in [-0.1, -0.05) is 20.8 Å². The molecule has 0 aliphatic rings. The zero-order valence-electron chi connectivity index (χ0n) is 8.09.